The zero-order valence-corrected chi connectivity index (χ0v) is 9.97. The van der Waals surface area contributed by atoms with Gasteiger partial charge < -0.3 is 10.6 Å². The third kappa shape index (κ3) is 4.75. The van der Waals surface area contributed by atoms with Gasteiger partial charge in [0.15, 0.2) is 0 Å². The van der Waals surface area contributed by atoms with Crippen molar-refractivity contribution in [3.8, 4) is 0 Å². The van der Waals surface area contributed by atoms with Crippen molar-refractivity contribution in [1.82, 2.24) is 10.6 Å². The monoisotopic (exact) mass is 260 g/mol. The Hall–Kier alpha value is -1.56. The zero-order valence-electron chi connectivity index (χ0n) is 9.97. The predicted molar refractivity (Wildman–Crippen MR) is 61.8 cm³/mol. The summed E-state index contributed by atoms with van der Waals surface area (Å²) in [6.07, 6.45) is -3.98. The van der Waals surface area contributed by atoms with Gasteiger partial charge in [-0.3, -0.25) is 4.79 Å². The van der Waals surface area contributed by atoms with Crippen LogP contribution in [0.25, 0.3) is 0 Å². The molecule has 0 radical (unpaired) electrons. The molecule has 1 aromatic rings. The van der Waals surface area contributed by atoms with Crippen LogP contribution in [0.2, 0.25) is 0 Å². The van der Waals surface area contributed by atoms with Crippen molar-refractivity contribution < 1.29 is 18.0 Å². The van der Waals surface area contributed by atoms with E-state index in [0.29, 0.717) is 18.5 Å². The van der Waals surface area contributed by atoms with Crippen LogP contribution in [0.4, 0.5) is 13.2 Å². The highest BCUT2D eigenvalue weighted by molar-refractivity contribution is 5.76. The number of carbonyl (C=O) groups is 1. The predicted octanol–water partition coefficient (Wildman–Crippen LogP) is 1.93. The zero-order chi connectivity index (χ0) is 13.6. The summed E-state index contributed by atoms with van der Waals surface area (Å²) in [4.78, 5) is 11.3. The normalized spacial score (nSPS) is 11.3. The second-order valence-corrected chi connectivity index (χ2v) is 3.82. The third-order valence-corrected chi connectivity index (χ3v) is 2.37. The van der Waals surface area contributed by atoms with Gasteiger partial charge in [0, 0.05) is 19.5 Å². The fourth-order valence-electron chi connectivity index (χ4n) is 1.34. The summed E-state index contributed by atoms with van der Waals surface area (Å²) in [7, 11) is 1.74. The molecule has 2 N–H and O–H groups in total. The van der Waals surface area contributed by atoms with Gasteiger partial charge in [-0.05, 0) is 24.7 Å². The molecule has 0 aromatic heterocycles. The quantitative estimate of drug-likeness (QED) is 0.849. The van der Waals surface area contributed by atoms with Gasteiger partial charge in [0.1, 0.15) is 0 Å². The van der Waals surface area contributed by atoms with Gasteiger partial charge in [-0.2, -0.15) is 13.2 Å². The molecule has 1 aromatic carbocycles. The molecule has 0 aliphatic carbocycles. The molecule has 0 saturated heterocycles. The van der Waals surface area contributed by atoms with E-state index >= 15 is 0 Å². The van der Waals surface area contributed by atoms with Gasteiger partial charge in [0.2, 0.25) is 5.91 Å². The number of amides is 1. The molecular formula is C12H15F3N2O. The molecule has 0 atom stereocenters. The van der Waals surface area contributed by atoms with E-state index in [4.69, 9.17) is 0 Å². The molecule has 0 spiro atoms. The molecule has 0 saturated carbocycles. The van der Waals surface area contributed by atoms with Crippen LogP contribution in [0.15, 0.2) is 24.3 Å². The van der Waals surface area contributed by atoms with Crippen molar-refractivity contribution >= 4 is 5.91 Å². The van der Waals surface area contributed by atoms with Crippen LogP contribution in [-0.2, 0) is 17.5 Å². The molecule has 0 aliphatic heterocycles. The Kier molecular flexibility index (Phi) is 5.15. The maximum absolute atomic E-state index is 12.3. The lowest BCUT2D eigenvalue weighted by atomic mass is 10.1. The van der Waals surface area contributed by atoms with E-state index in [1.165, 1.54) is 12.1 Å². The van der Waals surface area contributed by atoms with Gasteiger partial charge in [-0.15, -0.1) is 0 Å². The maximum Gasteiger partial charge on any atom is 0.416 e. The highest BCUT2D eigenvalue weighted by atomic mass is 19.4. The lowest BCUT2D eigenvalue weighted by Gasteiger charge is -2.08. The van der Waals surface area contributed by atoms with E-state index in [1.807, 2.05) is 0 Å². The first-order valence-corrected chi connectivity index (χ1v) is 5.51. The summed E-state index contributed by atoms with van der Waals surface area (Å²) in [5, 5.41) is 5.47. The topological polar surface area (TPSA) is 41.1 Å². The first kappa shape index (κ1) is 14.5. The van der Waals surface area contributed by atoms with Gasteiger partial charge in [-0.25, -0.2) is 0 Å². The molecule has 0 heterocycles. The Labute approximate surface area is 103 Å². The Morgan fingerprint density at radius 2 is 1.83 bits per heavy atom. The number of halogens is 3. The number of alkyl halides is 3. The summed E-state index contributed by atoms with van der Waals surface area (Å²) in [5.41, 5.74) is -0.0476. The number of hydrogen-bond acceptors (Lipinski definition) is 2. The van der Waals surface area contributed by atoms with E-state index in [2.05, 4.69) is 10.6 Å². The lowest BCUT2D eigenvalue weighted by molar-refractivity contribution is -0.137. The van der Waals surface area contributed by atoms with E-state index < -0.39 is 11.7 Å². The number of hydrogen-bond donors (Lipinski definition) is 2. The van der Waals surface area contributed by atoms with E-state index in [9.17, 15) is 18.0 Å². The van der Waals surface area contributed by atoms with Gasteiger partial charge in [0.25, 0.3) is 0 Å². The molecule has 1 rings (SSSR count). The minimum Gasteiger partial charge on any atom is -0.352 e. The van der Waals surface area contributed by atoms with Crippen LogP contribution in [-0.4, -0.2) is 19.5 Å². The number of rotatable bonds is 5. The lowest BCUT2D eigenvalue weighted by Crippen LogP contribution is -2.26. The standard InChI is InChI=1S/C12H15F3N2O/c1-16-7-6-11(18)17-8-9-2-4-10(5-3-9)12(13,14)15/h2-5,16H,6-8H2,1H3,(H,17,18). The van der Waals surface area contributed by atoms with Crippen LogP contribution in [0.5, 0.6) is 0 Å². The SMILES string of the molecule is CNCCC(=O)NCc1ccc(C(F)(F)F)cc1. The van der Waals surface area contributed by atoms with Gasteiger partial charge >= 0.3 is 6.18 Å². The van der Waals surface area contributed by atoms with E-state index in [0.717, 1.165) is 12.1 Å². The average Bonchev–Trinajstić information content (AvgIpc) is 2.33. The van der Waals surface area contributed by atoms with Gasteiger partial charge in [-0.1, -0.05) is 12.1 Å². The molecule has 0 bridgehead atoms. The van der Waals surface area contributed by atoms with Crippen molar-refractivity contribution in [2.24, 2.45) is 0 Å². The molecular weight excluding hydrogens is 245 g/mol. The highest BCUT2D eigenvalue weighted by Crippen LogP contribution is 2.28. The Balaban J connectivity index is 2.47. The summed E-state index contributed by atoms with van der Waals surface area (Å²) >= 11 is 0. The fourth-order valence-corrected chi connectivity index (χ4v) is 1.34. The molecule has 0 fully saturated rings. The van der Waals surface area contributed by atoms with Crippen LogP contribution in [0.1, 0.15) is 17.5 Å². The Morgan fingerprint density at radius 1 is 1.22 bits per heavy atom. The minimum absolute atomic E-state index is 0.135. The molecule has 1 amide bonds. The van der Waals surface area contributed by atoms with Crippen LogP contribution < -0.4 is 10.6 Å². The number of benzene rings is 1. The second kappa shape index (κ2) is 6.39. The molecule has 0 aliphatic rings. The summed E-state index contributed by atoms with van der Waals surface area (Å²) in [6.45, 7) is 0.805. The smallest absolute Gasteiger partial charge is 0.352 e. The van der Waals surface area contributed by atoms with Crippen molar-refractivity contribution in [1.29, 1.82) is 0 Å². The number of nitrogens with one attached hydrogen (secondary N) is 2. The third-order valence-electron chi connectivity index (χ3n) is 2.37. The average molecular weight is 260 g/mol. The van der Waals surface area contributed by atoms with Crippen molar-refractivity contribution in [2.45, 2.75) is 19.1 Å². The Bertz CT molecular complexity index is 387. The largest absolute Gasteiger partial charge is 0.416 e. The summed E-state index contributed by atoms with van der Waals surface area (Å²) in [6, 6.07) is 4.74. The van der Waals surface area contributed by atoms with Crippen molar-refractivity contribution in [3.63, 3.8) is 0 Å². The molecule has 6 heteroatoms. The van der Waals surface area contributed by atoms with Gasteiger partial charge in [0.05, 0.1) is 5.56 Å². The first-order chi connectivity index (χ1) is 8.43. The van der Waals surface area contributed by atoms with E-state index in [-0.39, 0.29) is 12.5 Å². The molecule has 100 valence electrons. The Morgan fingerprint density at radius 3 is 2.33 bits per heavy atom. The molecule has 3 nitrogen and oxygen atoms in total. The number of carbonyl (C=O) groups excluding carboxylic acids is 1. The van der Waals surface area contributed by atoms with Crippen LogP contribution >= 0.6 is 0 Å². The second-order valence-electron chi connectivity index (χ2n) is 3.82. The van der Waals surface area contributed by atoms with E-state index in [1.54, 1.807) is 7.05 Å². The minimum atomic E-state index is -4.32. The van der Waals surface area contributed by atoms with Crippen LogP contribution in [0.3, 0.4) is 0 Å². The summed E-state index contributed by atoms with van der Waals surface area (Å²) < 4.78 is 36.9. The summed E-state index contributed by atoms with van der Waals surface area (Å²) in [5.74, 6) is -0.135. The maximum atomic E-state index is 12.3. The van der Waals surface area contributed by atoms with Crippen LogP contribution in [0, 0.1) is 0 Å². The highest BCUT2D eigenvalue weighted by Gasteiger charge is 2.29. The fraction of sp³-hybridized carbons (Fsp3) is 0.417. The first-order valence-electron chi connectivity index (χ1n) is 5.51. The van der Waals surface area contributed by atoms with Crippen molar-refractivity contribution in [2.75, 3.05) is 13.6 Å². The van der Waals surface area contributed by atoms with Crippen molar-refractivity contribution in [3.05, 3.63) is 35.4 Å². The molecule has 0 unspecified atom stereocenters. The molecule has 18 heavy (non-hydrogen) atoms.